The van der Waals surface area contributed by atoms with Gasteiger partial charge in [-0.1, -0.05) is 29.5 Å². The summed E-state index contributed by atoms with van der Waals surface area (Å²) in [7, 11) is 0. The zero-order valence-corrected chi connectivity index (χ0v) is 14.6. The van der Waals surface area contributed by atoms with Crippen molar-refractivity contribution in [3.63, 3.8) is 0 Å². The molecule has 1 amide bonds. The Kier molecular flexibility index (Phi) is 4.60. The number of anilines is 1. The molecule has 1 aliphatic heterocycles. The molecule has 6 nitrogen and oxygen atoms in total. The van der Waals surface area contributed by atoms with Crippen LogP contribution in [0.15, 0.2) is 48.7 Å². The first-order chi connectivity index (χ1) is 13.4. The van der Waals surface area contributed by atoms with E-state index in [1.54, 1.807) is 6.07 Å². The number of nitrogens with one attached hydrogen (secondary N) is 2. The highest BCUT2D eigenvalue weighted by Gasteiger charge is 2.29. The summed E-state index contributed by atoms with van der Waals surface area (Å²) in [5.41, 5.74) is 2.59. The van der Waals surface area contributed by atoms with Crippen molar-refractivity contribution in [1.29, 1.82) is 0 Å². The summed E-state index contributed by atoms with van der Waals surface area (Å²) in [4.78, 5) is 12.6. The molecule has 2 aromatic carbocycles. The maximum Gasteiger partial charge on any atom is 0.416 e. The Morgan fingerprint density at radius 2 is 1.93 bits per heavy atom. The van der Waals surface area contributed by atoms with Crippen molar-refractivity contribution in [2.24, 2.45) is 0 Å². The van der Waals surface area contributed by atoms with Crippen LogP contribution in [-0.4, -0.2) is 20.9 Å². The van der Waals surface area contributed by atoms with Crippen molar-refractivity contribution in [2.75, 3.05) is 5.32 Å². The zero-order valence-electron chi connectivity index (χ0n) is 14.6. The fourth-order valence-corrected chi connectivity index (χ4v) is 3.15. The third-order valence-electron chi connectivity index (χ3n) is 4.54. The summed E-state index contributed by atoms with van der Waals surface area (Å²) >= 11 is 0. The minimum atomic E-state index is -4.36. The molecule has 2 N–H and O–H groups in total. The molecule has 28 heavy (non-hydrogen) atoms. The number of nitrogens with zero attached hydrogens (tertiary/aromatic N) is 3. The Hall–Kier alpha value is -3.20. The van der Waals surface area contributed by atoms with Crippen LogP contribution in [0.2, 0.25) is 0 Å². The number of rotatable bonds is 4. The lowest BCUT2D eigenvalue weighted by Gasteiger charge is -2.07. The molecule has 2 heterocycles. The van der Waals surface area contributed by atoms with Crippen LogP contribution in [0.3, 0.4) is 0 Å². The summed E-state index contributed by atoms with van der Waals surface area (Å²) in [5, 5.41) is 13.8. The van der Waals surface area contributed by atoms with Gasteiger partial charge in [0.15, 0.2) is 5.82 Å². The summed E-state index contributed by atoms with van der Waals surface area (Å²) in [6, 6.07) is 10.4. The molecule has 144 valence electrons. The van der Waals surface area contributed by atoms with E-state index in [0.29, 0.717) is 17.7 Å². The Labute approximate surface area is 158 Å². The molecule has 0 atom stereocenters. The molecule has 0 radical (unpaired) electrons. The van der Waals surface area contributed by atoms with Crippen LogP contribution in [0.1, 0.15) is 32.6 Å². The average molecular weight is 387 g/mol. The highest BCUT2D eigenvalue weighted by atomic mass is 19.4. The smallest absolute Gasteiger partial charge is 0.309 e. The van der Waals surface area contributed by atoms with E-state index in [-0.39, 0.29) is 18.3 Å². The minimum Gasteiger partial charge on any atom is -0.309 e. The fraction of sp³-hybridized carbons (Fsp3) is 0.211. The molecule has 0 bridgehead atoms. The third kappa shape index (κ3) is 3.74. The van der Waals surface area contributed by atoms with Crippen LogP contribution in [0, 0.1) is 0 Å². The monoisotopic (exact) mass is 387 g/mol. The van der Waals surface area contributed by atoms with Crippen molar-refractivity contribution in [2.45, 2.75) is 25.8 Å². The largest absolute Gasteiger partial charge is 0.416 e. The van der Waals surface area contributed by atoms with Gasteiger partial charge in [-0.15, -0.1) is 5.10 Å². The van der Waals surface area contributed by atoms with Gasteiger partial charge in [-0.3, -0.25) is 4.79 Å². The van der Waals surface area contributed by atoms with Crippen LogP contribution < -0.4 is 10.6 Å². The second-order valence-corrected chi connectivity index (χ2v) is 6.50. The first-order valence-electron chi connectivity index (χ1n) is 8.59. The number of halogens is 3. The molecule has 0 saturated carbocycles. The number of benzene rings is 2. The van der Waals surface area contributed by atoms with Gasteiger partial charge in [0.25, 0.3) is 5.91 Å². The van der Waals surface area contributed by atoms with Crippen molar-refractivity contribution in [1.82, 2.24) is 20.3 Å². The molecule has 0 fully saturated rings. The van der Waals surface area contributed by atoms with Crippen LogP contribution in [0.25, 0.3) is 0 Å². The number of hydrogen-bond donors (Lipinski definition) is 2. The van der Waals surface area contributed by atoms with Gasteiger partial charge in [0, 0.05) is 18.7 Å². The number of carbonyl (C=O) groups is 1. The molecule has 9 heteroatoms. The molecule has 3 aromatic rings. The molecule has 0 unspecified atom stereocenters. The van der Waals surface area contributed by atoms with E-state index in [0.717, 1.165) is 29.8 Å². The van der Waals surface area contributed by atoms with Gasteiger partial charge in [0.2, 0.25) is 0 Å². The van der Waals surface area contributed by atoms with E-state index >= 15 is 0 Å². The number of hydrogen-bond acceptors (Lipinski definition) is 4. The SMILES string of the molecule is O=C(Nc1cn(Cc2ccc(C(F)(F)F)cc2)nn1)c1cccc2c1CNC2. The van der Waals surface area contributed by atoms with Gasteiger partial charge >= 0.3 is 6.18 Å². The predicted molar refractivity (Wildman–Crippen MR) is 95.5 cm³/mol. The second-order valence-electron chi connectivity index (χ2n) is 6.50. The predicted octanol–water partition coefficient (Wildman–Crippen LogP) is 3.20. The van der Waals surface area contributed by atoms with Crippen LogP contribution >= 0.6 is 0 Å². The maximum atomic E-state index is 12.6. The molecule has 0 saturated heterocycles. The lowest BCUT2D eigenvalue weighted by molar-refractivity contribution is -0.137. The molecule has 1 aromatic heterocycles. The first kappa shape index (κ1) is 18.2. The van der Waals surface area contributed by atoms with Crippen molar-refractivity contribution in [3.8, 4) is 0 Å². The highest BCUT2D eigenvalue weighted by molar-refractivity contribution is 6.05. The standard InChI is InChI=1S/C19H16F3N5O/c20-19(21,22)14-6-4-12(5-7-14)10-27-11-17(25-26-27)24-18(28)15-3-1-2-13-8-23-9-16(13)15/h1-7,11,23H,8-10H2,(H,24,28). The topological polar surface area (TPSA) is 71.8 Å². The minimum absolute atomic E-state index is 0.242. The van der Waals surface area contributed by atoms with Gasteiger partial charge in [-0.05, 0) is 34.9 Å². The third-order valence-corrected chi connectivity index (χ3v) is 4.54. The van der Waals surface area contributed by atoms with Gasteiger partial charge in [0.05, 0.1) is 18.3 Å². The van der Waals surface area contributed by atoms with Gasteiger partial charge in [-0.25, -0.2) is 4.68 Å². The number of alkyl halides is 3. The average Bonchev–Trinajstić information content (AvgIpc) is 3.30. The Morgan fingerprint density at radius 1 is 1.14 bits per heavy atom. The molecule has 1 aliphatic rings. The quantitative estimate of drug-likeness (QED) is 0.721. The second kappa shape index (κ2) is 7.08. The number of fused-ring (bicyclic) bond motifs is 1. The van der Waals surface area contributed by atoms with Crippen molar-refractivity contribution >= 4 is 11.7 Å². The Balaban J connectivity index is 1.44. The normalized spacial score (nSPS) is 13.4. The van der Waals surface area contributed by atoms with Crippen LogP contribution in [0.4, 0.5) is 19.0 Å². The Bertz CT molecular complexity index is 1010. The molecule has 0 spiro atoms. The lowest BCUT2D eigenvalue weighted by atomic mass is 10.0. The van der Waals surface area contributed by atoms with Gasteiger partial charge < -0.3 is 10.6 Å². The summed E-state index contributed by atoms with van der Waals surface area (Å²) in [6.45, 7) is 1.62. The summed E-state index contributed by atoms with van der Waals surface area (Å²) < 4.78 is 39.3. The number of amides is 1. The van der Waals surface area contributed by atoms with E-state index < -0.39 is 11.7 Å². The fourth-order valence-electron chi connectivity index (χ4n) is 3.15. The first-order valence-corrected chi connectivity index (χ1v) is 8.59. The van der Waals surface area contributed by atoms with E-state index in [2.05, 4.69) is 20.9 Å². The van der Waals surface area contributed by atoms with E-state index in [9.17, 15) is 18.0 Å². The van der Waals surface area contributed by atoms with E-state index in [4.69, 9.17) is 0 Å². The lowest BCUT2D eigenvalue weighted by Crippen LogP contribution is -2.15. The zero-order chi connectivity index (χ0) is 19.7. The molecule has 4 rings (SSSR count). The molecule has 0 aliphatic carbocycles. The van der Waals surface area contributed by atoms with E-state index in [1.165, 1.54) is 23.0 Å². The molecular weight excluding hydrogens is 371 g/mol. The van der Waals surface area contributed by atoms with Gasteiger partial charge in [0.1, 0.15) is 0 Å². The summed E-state index contributed by atoms with van der Waals surface area (Å²) in [5.74, 6) is 0.00241. The van der Waals surface area contributed by atoms with Crippen molar-refractivity contribution < 1.29 is 18.0 Å². The highest BCUT2D eigenvalue weighted by Crippen LogP contribution is 2.29. The van der Waals surface area contributed by atoms with Gasteiger partial charge in [-0.2, -0.15) is 13.2 Å². The number of carbonyl (C=O) groups excluding carboxylic acids is 1. The number of aromatic nitrogens is 3. The summed E-state index contributed by atoms with van der Waals surface area (Å²) in [6.07, 6.45) is -2.83. The van der Waals surface area contributed by atoms with Crippen molar-refractivity contribution in [3.05, 3.63) is 76.5 Å². The van der Waals surface area contributed by atoms with Crippen LogP contribution in [0.5, 0.6) is 0 Å². The van der Waals surface area contributed by atoms with Crippen LogP contribution in [-0.2, 0) is 25.8 Å². The van der Waals surface area contributed by atoms with E-state index in [1.807, 2.05) is 12.1 Å². The Morgan fingerprint density at radius 3 is 2.68 bits per heavy atom. The molecular formula is C19H16F3N5O. The maximum absolute atomic E-state index is 12.6.